The molecule has 0 bridgehead atoms. The predicted molar refractivity (Wildman–Crippen MR) is 77.3 cm³/mol. The molecule has 0 spiro atoms. The molecule has 0 saturated heterocycles. The van der Waals surface area contributed by atoms with Gasteiger partial charge in [-0.3, -0.25) is 4.79 Å². The lowest BCUT2D eigenvalue weighted by Gasteiger charge is -2.15. The van der Waals surface area contributed by atoms with E-state index in [1.807, 2.05) is 6.07 Å². The molecule has 5 nitrogen and oxygen atoms in total. The highest BCUT2D eigenvalue weighted by Crippen LogP contribution is 2.05. The second-order valence-corrected chi connectivity index (χ2v) is 4.66. The molecule has 1 aromatic rings. The molecule has 0 saturated carbocycles. The van der Waals surface area contributed by atoms with E-state index in [0.717, 1.165) is 44.6 Å². The van der Waals surface area contributed by atoms with Gasteiger partial charge >= 0.3 is 0 Å². The molecule has 5 heteroatoms. The van der Waals surface area contributed by atoms with E-state index in [2.05, 4.69) is 29.4 Å². The number of carbonyl (C=O) groups excluding carboxylic acids is 1. The second kappa shape index (κ2) is 8.45. The topological polar surface area (TPSA) is 58.1 Å². The van der Waals surface area contributed by atoms with Crippen LogP contribution in [-0.4, -0.2) is 41.1 Å². The van der Waals surface area contributed by atoms with Crippen LogP contribution in [0.3, 0.4) is 0 Å². The van der Waals surface area contributed by atoms with Gasteiger partial charge in [-0.25, -0.2) is 0 Å². The van der Waals surface area contributed by atoms with Crippen LogP contribution in [-0.2, 0) is 0 Å². The van der Waals surface area contributed by atoms with E-state index < -0.39 is 0 Å². The zero-order valence-corrected chi connectivity index (χ0v) is 12.1. The summed E-state index contributed by atoms with van der Waals surface area (Å²) in [7, 11) is 1.80. The van der Waals surface area contributed by atoms with Crippen molar-refractivity contribution in [2.75, 3.05) is 25.5 Å². The van der Waals surface area contributed by atoms with E-state index in [9.17, 15) is 4.79 Å². The lowest BCUT2D eigenvalue weighted by atomic mass is 10.3. The molecule has 1 aromatic heterocycles. The minimum absolute atomic E-state index is 0.0685. The van der Waals surface area contributed by atoms with E-state index in [-0.39, 0.29) is 5.91 Å². The summed E-state index contributed by atoms with van der Waals surface area (Å²) >= 11 is 0. The Hall–Kier alpha value is -1.65. The summed E-state index contributed by atoms with van der Waals surface area (Å²) in [6.45, 7) is 5.89. The molecule has 0 aromatic carbocycles. The lowest BCUT2D eigenvalue weighted by molar-refractivity contribution is 0.0786. The molecular formula is C14H24N4O. The first-order valence-corrected chi connectivity index (χ1v) is 7.02. The smallest absolute Gasteiger partial charge is 0.274 e. The number of nitrogens with zero attached hydrogens (tertiary/aromatic N) is 3. The third kappa shape index (κ3) is 5.24. The molecule has 0 aliphatic heterocycles. The molecule has 106 valence electrons. The van der Waals surface area contributed by atoms with Gasteiger partial charge in [0.15, 0.2) is 5.69 Å². The molecule has 0 fully saturated rings. The van der Waals surface area contributed by atoms with Gasteiger partial charge in [-0.2, -0.15) is 0 Å². The van der Waals surface area contributed by atoms with Gasteiger partial charge in [0.1, 0.15) is 5.82 Å². The molecule has 19 heavy (non-hydrogen) atoms. The zero-order valence-electron chi connectivity index (χ0n) is 12.1. The molecule has 0 radical (unpaired) electrons. The van der Waals surface area contributed by atoms with Gasteiger partial charge in [0.05, 0.1) is 0 Å². The van der Waals surface area contributed by atoms with Crippen molar-refractivity contribution >= 4 is 11.7 Å². The van der Waals surface area contributed by atoms with Crippen molar-refractivity contribution in [1.82, 2.24) is 15.1 Å². The first kappa shape index (κ1) is 15.4. The third-order valence-corrected chi connectivity index (χ3v) is 2.91. The molecule has 0 unspecified atom stereocenters. The van der Waals surface area contributed by atoms with Crippen molar-refractivity contribution in [1.29, 1.82) is 0 Å². The van der Waals surface area contributed by atoms with E-state index in [1.54, 1.807) is 18.0 Å². The van der Waals surface area contributed by atoms with Crippen LogP contribution in [0.2, 0.25) is 0 Å². The van der Waals surface area contributed by atoms with Gasteiger partial charge in [-0.05, 0) is 25.0 Å². The van der Waals surface area contributed by atoms with Crippen molar-refractivity contribution < 1.29 is 4.79 Å². The molecule has 1 N–H and O–H groups in total. The van der Waals surface area contributed by atoms with Crippen LogP contribution in [0.15, 0.2) is 12.1 Å². The SMILES string of the molecule is CCCCNc1ccc(C(=O)N(C)CCCC)nn1. The number of aromatic nitrogens is 2. The molecule has 0 aliphatic rings. The van der Waals surface area contributed by atoms with Gasteiger partial charge < -0.3 is 10.2 Å². The van der Waals surface area contributed by atoms with Crippen molar-refractivity contribution in [3.05, 3.63) is 17.8 Å². The summed E-state index contributed by atoms with van der Waals surface area (Å²) < 4.78 is 0. The summed E-state index contributed by atoms with van der Waals surface area (Å²) in [5, 5.41) is 11.2. The highest BCUT2D eigenvalue weighted by molar-refractivity contribution is 5.92. The number of amides is 1. The normalized spacial score (nSPS) is 10.3. The Bertz CT molecular complexity index is 378. The molecule has 0 atom stereocenters. The quantitative estimate of drug-likeness (QED) is 0.733. The van der Waals surface area contributed by atoms with Crippen LogP contribution in [0.1, 0.15) is 50.0 Å². The van der Waals surface area contributed by atoms with E-state index in [0.29, 0.717) is 5.69 Å². The van der Waals surface area contributed by atoms with Gasteiger partial charge in [-0.15, -0.1) is 10.2 Å². The summed E-state index contributed by atoms with van der Waals surface area (Å²) in [5.41, 5.74) is 0.402. The van der Waals surface area contributed by atoms with E-state index >= 15 is 0 Å². The summed E-state index contributed by atoms with van der Waals surface area (Å²) in [6.07, 6.45) is 4.32. The third-order valence-electron chi connectivity index (χ3n) is 2.91. The fourth-order valence-corrected chi connectivity index (χ4v) is 1.63. The fourth-order valence-electron chi connectivity index (χ4n) is 1.63. The van der Waals surface area contributed by atoms with Crippen LogP contribution >= 0.6 is 0 Å². The molecule has 1 amide bonds. The first-order chi connectivity index (χ1) is 9.19. The number of hydrogen-bond acceptors (Lipinski definition) is 4. The van der Waals surface area contributed by atoms with Crippen LogP contribution in [0.25, 0.3) is 0 Å². The Morgan fingerprint density at radius 3 is 2.53 bits per heavy atom. The van der Waals surface area contributed by atoms with Gasteiger partial charge in [-0.1, -0.05) is 26.7 Å². The standard InChI is InChI=1S/C14H24N4O/c1-4-6-10-15-13-9-8-12(16-17-13)14(19)18(3)11-7-5-2/h8-9H,4-7,10-11H2,1-3H3,(H,15,17). The number of nitrogens with one attached hydrogen (secondary N) is 1. The first-order valence-electron chi connectivity index (χ1n) is 7.02. The molecule has 1 heterocycles. The Kier molecular flexibility index (Phi) is 6.85. The zero-order chi connectivity index (χ0) is 14.1. The Labute approximate surface area is 115 Å². The van der Waals surface area contributed by atoms with E-state index in [1.165, 1.54) is 0 Å². The Morgan fingerprint density at radius 1 is 1.21 bits per heavy atom. The summed E-state index contributed by atoms with van der Waals surface area (Å²) in [5.74, 6) is 0.655. The highest BCUT2D eigenvalue weighted by Gasteiger charge is 2.12. The maximum atomic E-state index is 12.0. The number of unbranched alkanes of at least 4 members (excludes halogenated alkanes) is 2. The van der Waals surface area contributed by atoms with Crippen molar-refractivity contribution in [3.8, 4) is 0 Å². The largest absolute Gasteiger partial charge is 0.369 e. The fraction of sp³-hybridized carbons (Fsp3) is 0.643. The summed E-state index contributed by atoms with van der Waals surface area (Å²) in [6, 6.07) is 3.54. The van der Waals surface area contributed by atoms with Gasteiger partial charge in [0.25, 0.3) is 5.91 Å². The minimum Gasteiger partial charge on any atom is -0.369 e. The molecular weight excluding hydrogens is 240 g/mol. The van der Waals surface area contributed by atoms with Crippen molar-refractivity contribution in [2.24, 2.45) is 0 Å². The minimum atomic E-state index is -0.0685. The number of carbonyl (C=O) groups is 1. The van der Waals surface area contributed by atoms with Crippen LogP contribution in [0.5, 0.6) is 0 Å². The average molecular weight is 264 g/mol. The number of anilines is 1. The van der Waals surface area contributed by atoms with Crippen LogP contribution < -0.4 is 5.32 Å². The average Bonchev–Trinajstić information content (AvgIpc) is 2.45. The monoisotopic (exact) mass is 264 g/mol. The van der Waals surface area contributed by atoms with Crippen molar-refractivity contribution in [3.63, 3.8) is 0 Å². The maximum Gasteiger partial charge on any atom is 0.274 e. The van der Waals surface area contributed by atoms with Crippen LogP contribution in [0.4, 0.5) is 5.82 Å². The molecule has 0 aliphatic carbocycles. The van der Waals surface area contributed by atoms with Gasteiger partial charge in [0, 0.05) is 20.1 Å². The van der Waals surface area contributed by atoms with Gasteiger partial charge in [0.2, 0.25) is 0 Å². The summed E-state index contributed by atoms with van der Waals surface area (Å²) in [4.78, 5) is 13.7. The Balaban J connectivity index is 2.52. The number of rotatable bonds is 8. The van der Waals surface area contributed by atoms with Crippen LogP contribution in [0, 0.1) is 0 Å². The van der Waals surface area contributed by atoms with Crippen molar-refractivity contribution in [2.45, 2.75) is 39.5 Å². The molecule has 1 rings (SSSR count). The van der Waals surface area contributed by atoms with E-state index in [4.69, 9.17) is 0 Å². The maximum absolute atomic E-state index is 12.0. The second-order valence-electron chi connectivity index (χ2n) is 4.66. The Morgan fingerprint density at radius 2 is 1.95 bits per heavy atom. The highest BCUT2D eigenvalue weighted by atomic mass is 16.2. The lowest BCUT2D eigenvalue weighted by Crippen LogP contribution is -2.28. The number of hydrogen-bond donors (Lipinski definition) is 1. The predicted octanol–water partition coefficient (Wildman–Crippen LogP) is 2.56.